The molecule has 2 aromatic heterocycles. The van der Waals surface area contributed by atoms with Crippen molar-refractivity contribution in [3.8, 4) is 11.5 Å². The summed E-state index contributed by atoms with van der Waals surface area (Å²) in [6.07, 6.45) is 28.7. The van der Waals surface area contributed by atoms with Crippen LogP contribution in [-0.2, 0) is 9.59 Å². The van der Waals surface area contributed by atoms with Gasteiger partial charge >= 0.3 is 11.3 Å². The molecule has 10 heteroatoms. The van der Waals surface area contributed by atoms with Gasteiger partial charge in [-0.2, -0.15) is 0 Å². The smallest absolute Gasteiger partial charge is 0.336 e. The Balaban J connectivity index is 0.797. The van der Waals surface area contributed by atoms with Gasteiger partial charge in [-0.3, -0.25) is 9.59 Å². The molecule has 2 aromatic carbocycles. The van der Waals surface area contributed by atoms with Crippen molar-refractivity contribution in [3.05, 3.63) is 81.5 Å². The van der Waals surface area contributed by atoms with Crippen LogP contribution < -0.4 is 31.4 Å². The predicted molar refractivity (Wildman–Crippen MR) is 242 cm³/mol. The highest BCUT2D eigenvalue weighted by Gasteiger charge is 2.05. The molecule has 10 nitrogen and oxygen atoms in total. The molecular formula is C50H72N2O8. The van der Waals surface area contributed by atoms with E-state index in [4.69, 9.17) is 18.3 Å². The zero-order valence-corrected chi connectivity index (χ0v) is 36.3. The number of hydrogen-bond donors (Lipinski definition) is 2. The van der Waals surface area contributed by atoms with E-state index in [9.17, 15) is 19.2 Å². The van der Waals surface area contributed by atoms with Gasteiger partial charge < -0.3 is 28.9 Å². The number of fused-ring (bicyclic) bond motifs is 2. The van der Waals surface area contributed by atoms with E-state index in [1.54, 1.807) is 24.3 Å². The monoisotopic (exact) mass is 829 g/mol. The van der Waals surface area contributed by atoms with Crippen molar-refractivity contribution >= 4 is 33.8 Å². The molecule has 0 aliphatic carbocycles. The quantitative estimate of drug-likeness (QED) is 0.0345. The summed E-state index contributed by atoms with van der Waals surface area (Å²) in [7, 11) is 0. The summed E-state index contributed by atoms with van der Waals surface area (Å²) < 4.78 is 22.1. The molecule has 0 aliphatic rings. The maximum atomic E-state index is 12.2. The van der Waals surface area contributed by atoms with Gasteiger partial charge in [-0.1, -0.05) is 116 Å². The minimum absolute atomic E-state index is 0.190. The second-order valence-electron chi connectivity index (χ2n) is 16.3. The Morgan fingerprint density at radius 3 is 1.10 bits per heavy atom. The number of nitrogens with one attached hydrogen (secondary N) is 2. The van der Waals surface area contributed by atoms with Crippen molar-refractivity contribution in [2.45, 2.75) is 167 Å². The van der Waals surface area contributed by atoms with Crippen molar-refractivity contribution in [1.82, 2.24) is 10.6 Å². The Morgan fingerprint density at radius 1 is 0.400 bits per heavy atom. The number of benzene rings is 2. The maximum Gasteiger partial charge on any atom is 0.336 e. The van der Waals surface area contributed by atoms with Crippen molar-refractivity contribution in [2.24, 2.45) is 0 Å². The molecule has 2 amide bonds. The SMILES string of the molecule is O=C(CCCCCCCCCCOc1ccc2ccc(=O)oc2c1)NCCCCCCCCCCNC(=O)CCCCCCCCCCOc1ccc2ccc(=O)oc2c1. The highest BCUT2D eigenvalue weighted by molar-refractivity contribution is 5.78. The third kappa shape index (κ3) is 21.6. The Hall–Kier alpha value is -4.60. The average Bonchev–Trinajstić information content (AvgIpc) is 3.24. The van der Waals surface area contributed by atoms with Crippen LogP contribution in [0.5, 0.6) is 11.5 Å². The lowest BCUT2D eigenvalue weighted by Gasteiger charge is -2.07. The normalized spacial score (nSPS) is 11.3. The highest BCUT2D eigenvalue weighted by Crippen LogP contribution is 2.21. The van der Waals surface area contributed by atoms with E-state index in [-0.39, 0.29) is 23.1 Å². The Labute approximate surface area is 357 Å². The van der Waals surface area contributed by atoms with Crippen LogP contribution in [0.25, 0.3) is 21.9 Å². The number of carbonyl (C=O) groups is 2. The average molecular weight is 829 g/mol. The van der Waals surface area contributed by atoms with Crippen molar-refractivity contribution < 1.29 is 27.9 Å². The van der Waals surface area contributed by atoms with Crippen LogP contribution in [0.2, 0.25) is 0 Å². The van der Waals surface area contributed by atoms with Crippen LogP contribution in [0.3, 0.4) is 0 Å². The zero-order chi connectivity index (χ0) is 42.3. The van der Waals surface area contributed by atoms with Crippen LogP contribution >= 0.6 is 0 Å². The summed E-state index contributed by atoms with van der Waals surface area (Å²) in [4.78, 5) is 47.2. The third-order valence-electron chi connectivity index (χ3n) is 11.1. The second-order valence-corrected chi connectivity index (χ2v) is 16.3. The molecule has 0 saturated heterocycles. The molecule has 0 bridgehead atoms. The summed E-state index contributed by atoms with van der Waals surface area (Å²) in [6.45, 7) is 2.89. The molecule has 0 unspecified atom stereocenters. The van der Waals surface area contributed by atoms with Crippen LogP contribution in [0.4, 0.5) is 0 Å². The standard InChI is InChI=1S/C50H72N2O8/c53-47(25-19-13-7-1-5-11-17-23-37-57-43-31-27-41-29-33-49(55)59-45(41)39-43)51-35-21-15-9-3-4-10-16-22-36-52-48(54)26-20-14-8-2-6-12-18-24-38-58-44-32-28-42-30-34-50(56)60-46(42)40-44/h27-34,39-40H,1-26,35-38H2,(H,51,53)(H,52,54). The topological polar surface area (TPSA) is 137 Å². The van der Waals surface area contributed by atoms with Gasteiger partial charge in [0.05, 0.1) is 13.2 Å². The summed E-state index contributed by atoms with van der Waals surface area (Å²) in [5, 5.41) is 7.97. The number of amides is 2. The van der Waals surface area contributed by atoms with E-state index in [1.165, 1.54) is 102 Å². The molecule has 0 radical (unpaired) electrons. The fourth-order valence-electron chi connectivity index (χ4n) is 7.48. The Bertz CT molecular complexity index is 1770. The van der Waals surface area contributed by atoms with Gasteiger partial charge in [-0.05, 0) is 74.9 Å². The highest BCUT2D eigenvalue weighted by atomic mass is 16.5. The van der Waals surface area contributed by atoms with E-state index in [0.29, 0.717) is 37.2 Å². The van der Waals surface area contributed by atoms with E-state index in [1.807, 2.05) is 24.3 Å². The van der Waals surface area contributed by atoms with Crippen molar-refractivity contribution in [3.63, 3.8) is 0 Å². The third-order valence-corrected chi connectivity index (χ3v) is 11.1. The zero-order valence-electron chi connectivity index (χ0n) is 36.3. The predicted octanol–water partition coefficient (Wildman–Crippen LogP) is 11.7. The molecule has 4 aromatic rings. The summed E-state index contributed by atoms with van der Waals surface area (Å²) in [5.41, 5.74) is 0.408. The second kappa shape index (κ2) is 30.4. The molecule has 2 N–H and O–H groups in total. The van der Waals surface area contributed by atoms with Crippen molar-refractivity contribution in [1.29, 1.82) is 0 Å². The van der Waals surface area contributed by atoms with Crippen molar-refractivity contribution in [2.75, 3.05) is 26.3 Å². The van der Waals surface area contributed by atoms with Gasteiger partial charge in [-0.15, -0.1) is 0 Å². The van der Waals surface area contributed by atoms with Crippen LogP contribution in [0, 0.1) is 0 Å². The van der Waals surface area contributed by atoms with Gasteiger partial charge in [0.2, 0.25) is 11.8 Å². The molecule has 4 rings (SSSR count). The molecule has 0 fully saturated rings. The molecular weight excluding hydrogens is 757 g/mol. The van der Waals surface area contributed by atoms with Crippen LogP contribution in [-0.4, -0.2) is 38.1 Å². The van der Waals surface area contributed by atoms with Crippen LogP contribution in [0.1, 0.15) is 167 Å². The number of hydrogen-bond acceptors (Lipinski definition) is 8. The molecule has 60 heavy (non-hydrogen) atoms. The number of carbonyl (C=O) groups excluding carboxylic acids is 2. The fourth-order valence-corrected chi connectivity index (χ4v) is 7.48. The van der Waals surface area contributed by atoms with Gasteiger partial charge in [0.15, 0.2) is 0 Å². The van der Waals surface area contributed by atoms with Gasteiger partial charge in [0, 0.05) is 61.0 Å². The number of unbranched alkanes of at least 4 members (excludes halogenated alkanes) is 21. The lowest BCUT2D eigenvalue weighted by Crippen LogP contribution is -2.24. The molecule has 0 aliphatic heterocycles. The van der Waals surface area contributed by atoms with E-state index in [0.717, 1.165) is 99.6 Å². The van der Waals surface area contributed by atoms with Gasteiger partial charge in [-0.25, -0.2) is 9.59 Å². The Morgan fingerprint density at radius 2 is 0.717 bits per heavy atom. The molecule has 0 saturated carbocycles. The first-order valence-corrected chi connectivity index (χ1v) is 23.3. The molecule has 0 spiro atoms. The molecule has 0 atom stereocenters. The molecule has 2 heterocycles. The lowest BCUT2D eigenvalue weighted by atomic mass is 10.1. The largest absolute Gasteiger partial charge is 0.493 e. The summed E-state index contributed by atoms with van der Waals surface area (Å²) in [6, 6.07) is 17.6. The van der Waals surface area contributed by atoms with Crippen LogP contribution in [0.15, 0.2) is 79.1 Å². The first-order valence-electron chi connectivity index (χ1n) is 23.3. The van der Waals surface area contributed by atoms with Gasteiger partial charge in [0.1, 0.15) is 22.7 Å². The van der Waals surface area contributed by atoms with Gasteiger partial charge in [0.25, 0.3) is 0 Å². The Kier molecular flexibility index (Phi) is 24.4. The van der Waals surface area contributed by atoms with E-state index >= 15 is 0 Å². The maximum absolute atomic E-state index is 12.2. The summed E-state index contributed by atoms with van der Waals surface area (Å²) in [5.74, 6) is 1.84. The minimum Gasteiger partial charge on any atom is -0.493 e. The number of ether oxygens (including phenoxy) is 2. The summed E-state index contributed by atoms with van der Waals surface area (Å²) >= 11 is 0. The minimum atomic E-state index is -0.351. The first-order chi connectivity index (χ1) is 29.5. The number of rotatable bonds is 35. The lowest BCUT2D eigenvalue weighted by molar-refractivity contribution is -0.122. The van der Waals surface area contributed by atoms with E-state index < -0.39 is 0 Å². The van der Waals surface area contributed by atoms with E-state index in [2.05, 4.69) is 10.6 Å². The first kappa shape index (κ1) is 48.1. The fraction of sp³-hybridized carbons (Fsp3) is 0.600. The molecule has 330 valence electrons.